The molecule has 2 rings (SSSR count). The molecule has 0 saturated heterocycles. The normalized spacial score (nSPS) is 21.9. The van der Waals surface area contributed by atoms with E-state index in [0.29, 0.717) is 6.04 Å². The lowest BCUT2D eigenvalue weighted by molar-refractivity contribution is -0.148. The number of nitrogens with one attached hydrogen (secondary N) is 1. The zero-order valence-corrected chi connectivity index (χ0v) is 14.0. The van der Waals surface area contributed by atoms with Crippen LogP contribution in [0.5, 0.6) is 0 Å². The summed E-state index contributed by atoms with van der Waals surface area (Å²) in [6, 6.07) is 0.524. The van der Waals surface area contributed by atoms with Gasteiger partial charge in [0.15, 0.2) is 0 Å². The Morgan fingerprint density at radius 3 is 2.52 bits per heavy atom. The van der Waals surface area contributed by atoms with E-state index in [0.717, 1.165) is 31.7 Å². The van der Waals surface area contributed by atoms with Gasteiger partial charge in [0.2, 0.25) is 0 Å². The molecule has 0 aliphatic heterocycles. The SMILES string of the molecule is COC(=O)C(C)(CCCCN(C)CC1CCC1)NC1CC1. The number of unbranched alkanes of at least 4 members (excludes halogenated alkanes) is 1. The fourth-order valence-electron chi connectivity index (χ4n) is 3.20. The van der Waals surface area contributed by atoms with E-state index >= 15 is 0 Å². The third-order valence-electron chi connectivity index (χ3n) is 5.00. The summed E-state index contributed by atoms with van der Waals surface area (Å²) >= 11 is 0. The number of nitrogens with zero attached hydrogens (tertiary/aromatic N) is 1. The van der Waals surface area contributed by atoms with Crippen molar-refractivity contribution < 1.29 is 9.53 Å². The second kappa shape index (κ2) is 7.59. The molecular formula is C17H32N2O2. The van der Waals surface area contributed by atoms with E-state index in [4.69, 9.17) is 4.74 Å². The lowest BCUT2D eigenvalue weighted by atomic mass is 9.85. The first-order valence-corrected chi connectivity index (χ1v) is 8.58. The molecule has 0 aromatic heterocycles. The van der Waals surface area contributed by atoms with Gasteiger partial charge in [0.1, 0.15) is 5.54 Å². The van der Waals surface area contributed by atoms with Crippen LogP contribution in [0.25, 0.3) is 0 Å². The average Bonchev–Trinajstić information content (AvgIpc) is 3.22. The van der Waals surface area contributed by atoms with Crippen LogP contribution in [0.1, 0.15) is 58.3 Å². The van der Waals surface area contributed by atoms with Crippen LogP contribution in [0.3, 0.4) is 0 Å². The van der Waals surface area contributed by atoms with Crippen LogP contribution in [0, 0.1) is 5.92 Å². The minimum Gasteiger partial charge on any atom is -0.468 e. The third kappa shape index (κ3) is 5.26. The second-order valence-corrected chi connectivity index (χ2v) is 7.26. The first-order valence-electron chi connectivity index (χ1n) is 8.58. The maximum atomic E-state index is 12.0. The van der Waals surface area contributed by atoms with Gasteiger partial charge in [0, 0.05) is 12.6 Å². The number of esters is 1. The summed E-state index contributed by atoms with van der Waals surface area (Å²) in [7, 11) is 3.71. The number of carbonyl (C=O) groups excluding carboxylic acids is 1. The molecule has 0 spiro atoms. The van der Waals surface area contributed by atoms with Crippen molar-refractivity contribution in [2.24, 2.45) is 5.92 Å². The maximum Gasteiger partial charge on any atom is 0.325 e. The molecule has 0 aromatic carbocycles. The van der Waals surface area contributed by atoms with Crippen molar-refractivity contribution in [3.63, 3.8) is 0 Å². The van der Waals surface area contributed by atoms with Crippen LogP contribution >= 0.6 is 0 Å². The monoisotopic (exact) mass is 296 g/mol. The highest BCUT2D eigenvalue weighted by atomic mass is 16.5. The summed E-state index contributed by atoms with van der Waals surface area (Å²) in [5, 5.41) is 3.47. The topological polar surface area (TPSA) is 41.6 Å². The summed E-state index contributed by atoms with van der Waals surface area (Å²) in [5.74, 6) is 0.823. The molecule has 0 bridgehead atoms. The molecule has 122 valence electrons. The zero-order valence-electron chi connectivity index (χ0n) is 14.0. The van der Waals surface area contributed by atoms with Crippen LogP contribution in [0.2, 0.25) is 0 Å². The molecule has 4 heteroatoms. The van der Waals surface area contributed by atoms with Crippen LogP contribution in [-0.2, 0) is 9.53 Å². The Balaban J connectivity index is 1.64. The second-order valence-electron chi connectivity index (χ2n) is 7.26. The Morgan fingerprint density at radius 1 is 1.29 bits per heavy atom. The Morgan fingerprint density at radius 2 is 2.00 bits per heavy atom. The Hall–Kier alpha value is -0.610. The van der Waals surface area contributed by atoms with Crippen LogP contribution in [-0.4, -0.2) is 49.7 Å². The van der Waals surface area contributed by atoms with Gasteiger partial charge in [-0.1, -0.05) is 6.42 Å². The van der Waals surface area contributed by atoms with Gasteiger partial charge >= 0.3 is 5.97 Å². The molecule has 0 heterocycles. The highest BCUT2D eigenvalue weighted by molar-refractivity contribution is 5.80. The highest BCUT2D eigenvalue weighted by Crippen LogP contribution is 2.27. The van der Waals surface area contributed by atoms with Gasteiger partial charge in [-0.25, -0.2) is 0 Å². The number of ether oxygens (including phenoxy) is 1. The van der Waals surface area contributed by atoms with Crippen molar-refractivity contribution in [2.75, 3.05) is 27.2 Å². The first-order chi connectivity index (χ1) is 10.0. The van der Waals surface area contributed by atoms with E-state index in [1.165, 1.54) is 45.8 Å². The largest absolute Gasteiger partial charge is 0.468 e. The molecule has 21 heavy (non-hydrogen) atoms. The number of hydrogen-bond donors (Lipinski definition) is 1. The summed E-state index contributed by atoms with van der Waals surface area (Å²) in [6.07, 6.45) is 9.72. The van der Waals surface area contributed by atoms with Gasteiger partial charge in [-0.2, -0.15) is 0 Å². The molecule has 1 unspecified atom stereocenters. The van der Waals surface area contributed by atoms with Crippen molar-refractivity contribution in [3.05, 3.63) is 0 Å². The lowest BCUT2D eigenvalue weighted by Crippen LogP contribution is -2.51. The van der Waals surface area contributed by atoms with Crippen molar-refractivity contribution >= 4 is 5.97 Å². The van der Waals surface area contributed by atoms with Gasteiger partial charge in [-0.15, -0.1) is 0 Å². The lowest BCUT2D eigenvalue weighted by Gasteiger charge is -2.31. The number of rotatable bonds is 10. The fraction of sp³-hybridized carbons (Fsp3) is 0.941. The predicted molar refractivity (Wildman–Crippen MR) is 85.3 cm³/mol. The third-order valence-corrected chi connectivity index (χ3v) is 5.00. The molecule has 1 atom stereocenters. The molecule has 2 aliphatic carbocycles. The molecule has 0 radical (unpaired) electrons. The van der Waals surface area contributed by atoms with E-state index < -0.39 is 5.54 Å². The van der Waals surface area contributed by atoms with E-state index in [-0.39, 0.29) is 5.97 Å². The molecule has 1 N–H and O–H groups in total. The van der Waals surface area contributed by atoms with Gasteiger partial charge in [-0.05, 0) is 71.4 Å². The van der Waals surface area contributed by atoms with Crippen LogP contribution in [0.4, 0.5) is 0 Å². The number of methoxy groups -OCH3 is 1. The quantitative estimate of drug-likeness (QED) is 0.497. The van der Waals surface area contributed by atoms with E-state index in [1.54, 1.807) is 0 Å². The zero-order chi connectivity index (χ0) is 15.3. The van der Waals surface area contributed by atoms with Crippen molar-refractivity contribution in [1.82, 2.24) is 10.2 Å². The molecule has 0 amide bonds. The first kappa shape index (κ1) is 16.8. The summed E-state index contributed by atoms with van der Waals surface area (Å²) in [6.45, 7) is 4.38. The number of carbonyl (C=O) groups is 1. The average molecular weight is 296 g/mol. The Kier molecular flexibility index (Phi) is 6.06. The Bertz CT molecular complexity index is 340. The molecule has 4 nitrogen and oxygen atoms in total. The van der Waals surface area contributed by atoms with Gasteiger partial charge in [0.25, 0.3) is 0 Å². The van der Waals surface area contributed by atoms with E-state index in [2.05, 4.69) is 17.3 Å². The molecular weight excluding hydrogens is 264 g/mol. The fourth-order valence-corrected chi connectivity index (χ4v) is 3.20. The standard InChI is InChI=1S/C17H32N2O2/c1-17(16(20)21-3,18-15-9-10-15)11-4-5-12-19(2)13-14-7-6-8-14/h14-15,18H,4-13H2,1-3H3. The van der Waals surface area contributed by atoms with Crippen molar-refractivity contribution in [2.45, 2.75) is 69.9 Å². The predicted octanol–water partition coefficient (Wildman–Crippen LogP) is 2.57. The Labute approximate surface area is 129 Å². The van der Waals surface area contributed by atoms with Gasteiger partial charge < -0.3 is 9.64 Å². The van der Waals surface area contributed by atoms with Crippen LogP contribution in [0.15, 0.2) is 0 Å². The maximum absolute atomic E-state index is 12.0. The van der Waals surface area contributed by atoms with E-state index in [1.807, 2.05) is 6.92 Å². The molecule has 2 saturated carbocycles. The van der Waals surface area contributed by atoms with Gasteiger partial charge in [-0.3, -0.25) is 10.1 Å². The molecule has 2 aliphatic rings. The highest BCUT2D eigenvalue weighted by Gasteiger charge is 2.38. The molecule has 0 aromatic rings. The van der Waals surface area contributed by atoms with Crippen molar-refractivity contribution in [1.29, 1.82) is 0 Å². The van der Waals surface area contributed by atoms with Crippen LogP contribution < -0.4 is 5.32 Å². The smallest absolute Gasteiger partial charge is 0.325 e. The summed E-state index contributed by atoms with van der Waals surface area (Å²) < 4.78 is 4.99. The minimum absolute atomic E-state index is 0.114. The van der Waals surface area contributed by atoms with Crippen molar-refractivity contribution in [3.8, 4) is 0 Å². The minimum atomic E-state index is -0.498. The van der Waals surface area contributed by atoms with E-state index in [9.17, 15) is 4.79 Å². The number of hydrogen-bond acceptors (Lipinski definition) is 4. The van der Waals surface area contributed by atoms with Gasteiger partial charge in [0.05, 0.1) is 7.11 Å². The summed E-state index contributed by atoms with van der Waals surface area (Å²) in [4.78, 5) is 14.5. The summed E-state index contributed by atoms with van der Waals surface area (Å²) in [5.41, 5.74) is -0.498. The molecule has 2 fully saturated rings.